The van der Waals surface area contributed by atoms with E-state index in [4.69, 9.17) is 5.73 Å². The van der Waals surface area contributed by atoms with Crippen LogP contribution >= 0.6 is 0 Å². The van der Waals surface area contributed by atoms with Crippen molar-refractivity contribution in [2.75, 3.05) is 0 Å². The molecule has 0 amide bonds. The van der Waals surface area contributed by atoms with Crippen molar-refractivity contribution in [2.45, 2.75) is 51.5 Å². The van der Waals surface area contributed by atoms with E-state index in [1.807, 2.05) is 13.0 Å². The van der Waals surface area contributed by atoms with Crippen molar-refractivity contribution in [1.29, 1.82) is 0 Å². The molecule has 94 valence electrons. The highest BCUT2D eigenvalue weighted by Crippen LogP contribution is 2.37. The van der Waals surface area contributed by atoms with E-state index < -0.39 is 0 Å². The van der Waals surface area contributed by atoms with E-state index in [0.29, 0.717) is 0 Å². The van der Waals surface area contributed by atoms with E-state index in [1.165, 1.54) is 12.5 Å². The van der Waals surface area contributed by atoms with Crippen molar-refractivity contribution in [3.05, 3.63) is 35.1 Å². The number of benzene rings is 1. The molecular formula is C15H22FN. The number of hydrogen-bond acceptors (Lipinski definition) is 1. The average Bonchev–Trinajstić information content (AvgIpc) is 2.46. The lowest BCUT2D eigenvalue weighted by atomic mass is 9.81. The molecule has 1 saturated carbocycles. The van der Waals surface area contributed by atoms with Gasteiger partial charge < -0.3 is 5.73 Å². The zero-order chi connectivity index (χ0) is 12.5. The van der Waals surface area contributed by atoms with Crippen molar-refractivity contribution in [3.8, 4) is 0 Å². The molecule has 0 spiro atoms. The number of nitrogens with two attached hydrogens (primary N) is 1. The minimum absolute atomic E-state index is 0.173. The summed E-state index contributed by atoms with van der Waals surface area (Å²) in [5.74, 6) is 0.571. The Morgan fingerprint density at radius 2 is 2.06 bits per heavy atom. The molecule has 17 heavy (non-hydrogen) atoms. The second-order valence-electron chi connectivity index (χ2n) is 5.65. The first-order chi connectivity index (χ1) is 8.01. The molecule has 1 aliphatic carbocycles. The summed E-state index contributed by atoms with van der Waals surface area (Å²) in [5, 5.41) is 0. The van der Waals surface area contributed by atoms with Gasteiger partial charge in [0, 0.05) is 5.54 Å². The van der Waals surface area contributed by atoms with Crippen molar-refractivity contribution in [3.63, 3.8) is 0 Å². The predicted molar refractivity (Wildman–Crippen MR) is 69.3 cm³/mol. The van der Waals surface area contributed by atoms with Crippen molar-refractivity contribution < 1.29 is 4.39 Å². The smallest absolute Gasteiger partial charge is 0.123 e. The second kappa shape index (κ2) is 4.77. The first kappa shape index (κ1) is 12.6. The van der Waals surface area contributed by atoms with Gasteiger partial charge in [0.15, 0.2) is 0 Å². The summed E-state index contributed by atoms with van der Waals surface area (Å²) in [6.45, 7) is 4.31. The van der Waals surface area contributed by atoms with Crippen LogP contribution in [0.25, 0.3) is 0 Å². The molecule has 2 N–H and O–H groups in total. The van der Waals surface area contributed by atoms with E-state index in [1.54, 1.807) is 6.07 Å². The van der Waals surface area contributed by atoms with Gasteiger partial charge in [0.2, 0.25) is 0 Å². The summed E-state index contributed by atoms with van der Waals surface area (Å²) in [5.41, 5.74) is 8.34. The Kier molecular flexibility index (Phi) is 3.53. The third-order valence-corrected chi connectivity index (χ3v) is 4.14. The van der Waals surface area contributed by atoms with E-state index in [9.17, 15) is 4.39 Å². The van der Waals surface area contributed by atoms with Crippen LogP contribution < -0.4 is 5.73 Å². The molecule has 1 fully saturated rings. The normalized spacial score (nSPS) is 30.0. The van der Waals surface area contributed by atoms with E-state index in [2.05, 4.69) is 6.92 Å². The summed E-state index contributed by atoms with van der Waals surface area (Å²) in [7, 11) is 0. The first-order valence-electron chi connectivity index (χ1n) is 6.57. The molecule has 0 bridgehead atoms. The minimum Gasteiger partial charge on any atom is -0.321 e. The molecule has 1 aliphatic rings. The van der Waals surface area contributed by atoms with Crippen LogP contribution in [0, 0.1) is 18.7 Å². The summed E-state index contributed by atoms with van der Waals surface area (Å²) in [4.78, 5) is 0. The maximum absolute atomic E-state index is 13.4. The summed E-state index contributed by atoms with van der Waals surface area (Å²) >= 11 is 0. The first-order valence-corrected chi connectivity index (χ1v) is 6.57. The van der Waals surface area contributed by atoms with Crippen LogP contribution in [0.2, 0.25) is 0 Å². The molecule has 2 atom stereocenters. The van der Waals surface area contributed by atoms with E-state index in [0.717, 1.165) is 42.7 Å². The molecule has 0 aromatic heterocycles. The molecule has 0 saturated heterocycles. The molecule has 2 heteroatoms. The molecule has 2 rings (SSSR count). The molecule has 0 aliphatic heterocycles. The number of hydrogen-bond donors (Lipinski definition) is 1. The minimum atomic E-state index is -0.322. The molecule has 1 aromatic carbocycles. The Morgan fingerprint density at radius 3 is 2.82 bits per heavy atom. The lowest BCUT2D eigenvalue weighted by Crippen LogP contribution is -2.37. The monoisotopic (exact) mass is 235 g/mol. The van der Waals surface area contributed by atoms with Gasteiger partial charge in [-0.25, -0.2) is 4.39 Å². The average molecular weight is 235 g/mol. The van der Waals surface area contributed by atoms with Gasteiger partial charge in [0.05, 0.1) is 0 Å². The fourth-order valence-corrected chi connectivity index (χ4v) is 2.94. The van der Waals surface area contributed by atoms with Crippen LogP contribution in [0.1, 0.15) is 50.2 Å². The summed E-state index contributed by atoms with van der Waals surface area (Å²) in [6, 6.07) is 4.99. The highest BCUT2D eigenvalue weighted by atomic mass is 19.1. The van der Waals surface area contributed by atoms with Crippen LogP contribution in [0.15, 0.2) is 18.2 Å². The second-order valence-corrected chi connectivity index (χ2v) is 5.65. The molecule has 2 unspecified atom stereocenters. The van der Waals surface area contributed by atoms with Crippen LogP contribution in [0.3, 0.4) is 0 Å². The quantitative estimate of drug-likeness (QED) is 0.734. The van der Waals surface area contributed by atoms with Gasteiger partial charge in [-0.05, 0) is 55.4 Å². The molecule has 1 aromatic rings. The third kappa shape index (κ3) is 2.68. The Morgan fingerprint density at radius 1 is 1.29 bits per heavy atom. The largest absolute Gasteiger partial charge is 0.321 e. The summed E-state index contributed by atoms with van der Waals surface area (Å²) < 4.78 is 13.4. The highest BCUT2D eigenvalue weighted by Gasteiger charge is 2.31. The maximum atomic E-state index is 13.4. The molecular weight excluding hydrogens is 213 g/mol. The zero-order valence-electron chi connectivity index (χ0n) is 10.8. The van der Waals surface area contributed by atoms with Crippen LogP contribution in [-0.2, 0) is 5.54 Å². The lowest BCUT2D eigenvalue weighted by Gasteiger charge is -2.30. The van der Waals surface area contributed by atoms with Crippen LogP contribution in [-0.4, -0.2) is 0 Å². The SMILES string of the molecule is Cc1ccc(F)cc1C1(N)CCCC(C)CC1. The van der Waals surface area contributed by atoms with Crippen molar-refractivity contribution in [1.82, 2.24) is 0 Å². The Hall–Kier alpha value is -0.890. The molecule has 0 radical (unpaired) electrons. The lowest BCUT2D eigenvalue weighted by molar-refractivity contribution is 0.374. The van der Waals surface area contributed by atoms with Gasteiger partial charge in [-0.3, -0.25) is 0 Å². The van der Waals surface area contributed by atoms with Crippen molar-refractivity contribution in [2.24, 2.45) is 11.7 Å². The van der Waals surface area contributed by atoms with Crippen LogP contribution in [0.4, 0.5) is 4.39 Å². The van der Waals surface area contributed by atoms with Gasteiger partial charge in [0.1, 0.15) is 5.82 Å². The van der Waals surface area contributed by atoms with Gasteiger partial charge in [-0.15, -0.1) is 0 Å². The van der Waals surface area contributed by atoms with Gasteiger partial charge in [-0.2, -0.15) is 0 Å². The fourth-order valence-electron chi connectivity index (χ4n) is 2.94. The fraction of sp³-hybridized carbons (Fsp3) is 0.600. The van der Waals surface area contributed by atoms with Crippen LogP contribution in [0.5, 0.6) is 0 Å². The third-order valence-electron chi connectivity index (χ3n) is 4.14. The standard InChI is InChI=1S/C15H22FN/c1-11-4-3-8-15(17,9-7-11)14-10-13(16)6-5-12(14)2/h5-6,10-11H,3-4,7-9,17H2,1-2H3. The zero-order valence-corrected chi connectivity index (χ0v) is 10.8. The number of halogens is 1. The number of rotatable bonds is 1. The van der Waals surface area contributed by atoms with Gasteiger partial charge in [-0.1, -0.05) is 25.8 Å². The van der Waals surface area contributed by atoms with E-state index >= 15 is 0 Å². The Bertz CT molecular complexity index is 402. The summed E-state index contributed by atoms with van der Waals surface area (Å²) in [6.07, 6.45) is 5.48. The molecule has 0 heterocycles. The maximum Gasteiger partial charge on any atom is 0.123 e. The number of aryl methyl sites for hydroxylation is 1. The van der Waals surface area contributed by atoms with Crippen molar-refractivity contribution >= 4 is 0 Å². The van der Waals surface area contributed by atoms with Gasteiger partial charge in [0.25, 0.3) is 0 Å². The highest BCUT2D eigenvalue weighted by molar-refractivity contribution is 5.33. The Labute approximate surface area is 103 Å². The predicted octanol–water partition coefficient (Wildman–Crippen LogP) is 3.89. The van der Waals surface area contributed by atoms with Gasteiger partial charge >= 0.3 is 0 Å². The van der Waals surface area contributed by atoms with E-state index in [-0.39, 0.29) is 11.4 Å². The Balaban J connectivity index is 2.33. The topological polar surface area (TPSA) is 26.0 Å². The molecule has 1 nitrogen and oxygen atoms in total.